The van der Waals surface area contributed by atoms with Crippen molar-refractivity contribution in [1.29, 1.82) is 0 Å². The number of hydrogen-bond acceptors (Lipinski definition) is 2. The van der Waals surface area contributed by atoms with Crippen LogP contribution in [0.15, 0.2) is 30.3 Å². The van der Waals surface area contributed by atoms with Crippen LogP contribution in [0.3, 0.4) is 0 Å². The summed E-state index contributed by atoms with van der Waals surface area (Å²) in [5.74, 6) is 0.282. The summed E-state index contributed by atoms with van der Waals surface area (Å²) in [5, 5.41) is 13.5. The van der Waals surface area contributed by atoms with Gasteiger partial charge >= 0.3 is 0 Å². The molecule has 1 aliphatic carbocycles. The molecule has 0 unspecified atom stereocenters. The molecule has 88 valence electrons. The Bertz CT molecular complexity index is 529. The number of nitrogens with zero attached hydrogens (tertiary/aromatic N) is 2. The lowest BCUT2D eigenvalue weighted by atomic mass is 10.2. The van der Waals surface area contributed by atoms with Gasteiger partial charge in [-0.05, 0) is 43.2 Å². The fraction of sp³-hybridized carbons (Fsp3) is 0.308. The van der Waals surface area contributed by atoms with Gasteiger partial charge in [0.2, 0.25) is 0 Å². The maximum Gasteiger partial charge on any atom is 0.123 e. The van der Waals surface area contributed by atoms with Crippen molar-refractivity contribution >= 4 is 0 Å². The molecule has 0 bridgehead atoms. The standard InChI is InChI=1S/C13H13FN2O/c14-10-3-5-12(6-4-10)16-13(9-1-2-9)7-11(8-17)15-16/h3-7,9,17H,1-2,8H2. The fourth-order valence-electron chi connectivity index (χ4n) is 1.98. The van der Waals surface area contributed by atoms with E-state index >= 15 is 0 Å². The second kappa shape index (κ2) is 3.96. The predicted octanol–water partition coefficient (Wildman–Crippen LogP) is 2.38. The molecule has 1 saturated carbocycles. The first-order valence-corrected chi connectivity index (χ1v) is 5.73. The van der Waals surface area contributed by atoms with E-state index in [4.69, 9.17) is 5.11 Å². The van der Waals surface area contributed by atoms with Gasteiger partial charge in [-0.25, -0.2) is 9.07 Å². The smallest absolute Gasteiger partial charge is 0.123 e. The van der Waals surface area contributed by atoms with Crippen molar-refractivity contribution in [3.63, 3.8) is 0 Å². The zero-order valence-electron chi connectivity index (χ0n) is 9.31. The molecule has 3 rings (SSSR count). The van der Waals surface area contributed by atoms with Crippen molar-refractivity contribution in [1.82, 2.24) is 9.78 Å². The first-order valence-electron chi connectivity index (χ1n) is 5.73. The summed E-state index contributed by atoms with van der Waals surface area (Å²) in [5.41, 5.74) is 2.62. The highest BCUT2D eigenvalue weighted by molar-refractivity contribution is 5.35. The van der Waals surface area contributed by atoms with Crippen molar-refractivity contribution in [3.8, 4) is 5.69 Å². The number of benzene rings is 1. The van der Waals surface area contributed by atoms with Gasteiger partial charge in [0, 0.05) is 11.6 Å². The van der Waals surface area contributed by atoms with Gasteiger partial charge < -0.3 is 5.11 Å². The summed E-state index contributed by atoms with van der Waals surface area (Å²) in [4.78, 5) is 0. The Balaban J connectivity index is 2.05. The predicted molar refractivity (Wildman–Crippen MR) is 61.4 cm³/mol. The van der Waals surface area contributed by atoms with E-state index < -0.39 is 0 Å². The number of aromatic nitrogens is 2. The quantitative estimate of drug-likeness (QED) is 0.882. The summed E-state index contributed by atoms with van der Waals surface area (Å²) < 4.78 is 14.7. The van der Waals surface area contributed by atoms with Crippen molar-refractivity contribution in [2.24, 2.45) is 0 Å². The molecule has 0 aliphatic heterocycles. The zero-order chi connectivity index (χ0) is 11.8. The Morgan fingerprint density at radius 3 is 2.59 bits per heavy atom. The van der Waals surface area contributed by atoms with Gasteiger partial charge in [0.15, 0.2) is 0 Å². The Labute approximate surface area is 98.5 Å². The minimum absolute atomic E-state index is 0.0616. The third-order valence-corrected chi connectivity index (χ3v) is 3.02. The minimum Gasteiger partial charge on any atom is -0.390 e. The van der Waals surface area contributed by atoms with E-state index in [9.17, 15) is 4.39 Å². The highest BCUT2D eigenvalue weighted by Gasteiger charge is 2.28. The lowest BCUT2D eigenvalue weighted by Gasteiger charge is -2.05. The molecule has 1 aliphatic rings. The van der Waals surface area contributed by atoms with E-state index in [2.05, 4.69) is 5.10 Å². The van der Waals surface area contributed by atoms with Crippen molar-refractivity contribution in [2.45, 2.75) is 25.4 Å². The van der Waals surface area contributed by atoms with Gasteiger partial charge in [0.1, 0.15) is 5.82 Å². The number of hydrogen-bond donors (Lipinski definition) is 1. The first kappa shape index (κ1) is 10.5. The molecule has 0 spiro atoms. The second-order valence-electron chi connectivity index (χ2n) is 4.38. The molecule has 0 saturated heterocycles. The number of rotatable bonds is 3. The first-order chi connectivity index (χ1) is 8.28. The number of aliphatic hydroxyl groups is 1. The summed E-state index contributed by atoms with van der Waals surface area (Å²) >= 11 is 0. The van der Waals surface area contributed by atoms with Gasteiger partial charge in [0.05, 0.1) is 18.0 Å². The normalized spacial score (nSPS) is 15.2. The summed E-state index contributed by atoms with van der Waals surface area (Å²) in [7, 11) is 0. The van der Waals surface area contributed by atoms with Crippen LogP contribution in [0.4, 0.5) is 4.39 Å². The van der Waals surface area contributed by atoms with Gasteiger partial charge in [0.25, 0.3) is 0 Å². The van der Waals surface area contributed by atoms with Crippen molar-refractivity contribution in [2.75, 3.05) is 0 Å². The molecule has 0 radical (unpaired) electrons. The lowest BCUT2D eigenvalue weighted by Crippen LogP contribution is -2.01. The molecule has 1 fully saturated rings. The molecule has 0 atom stereocenters. The van der Waals surface area contributed by atoms with Gasteiger partial charge in [-0.2, -0.15) is 5.10 Å². The Morgan fingerprint density at radius 1 is 1.29 bits per heavy atom. The Kier molecular flexibility index (Phi) is 2.44. The van der Waals surface area contributed by atoms with Crippen LogP contribution in [0.2, 0.25) is 0 Å². The van der Waals surface area contributed by atoms with Crippen LogP contribution in [0.5, 0.6) is 0 Å². The third-order valence-electron chi connectivity index (χ3n) is 3.02. The second-order valence-corrected chi connectivity index (χ2v) is 4.38. The molecule has 2 aromatic rings. The minimum atomic E-state index is -0.253. The van der Waals surface area contributed by atoms with E-state index in [1.54, 1.807) is 12.1 Å². The summed E-state index contributed by atoms with van der Waals surface area (Å²) in [6.45, 7) is -0.0616. The Hall–Kier alpha value is -1.68. The fourth-order valence-corrected chi connectivity index (χ4v) is 1.98. The van der Waals surface area contributed by atoms with Crippen LogP contribution >= 0.6 is 0 Å². The van der Waals surface area contributed by atoms with Crippen LogP contribution in [0, 0.1) is 5.82 Å². The molecule has 1 aromatic carbocycles. The number of halogens is 1. The van der Waals surface area contributed by atoms with Crippen LogP contribution in [-0.2, 0) is 6.61 Å². The molecular weight excluding hydrogens is 219 g/mol. The molecule has 1 N–H and O–H groups in total. The molecule has 3 nitrogen and oxygen atoms in total. The van der Waals surface area contributed by atoms with Gasteiger partial charge in [-0.1, -0.05) is 0 Å². The van der Waals surface area contributed by atoms with Crippen LogP contribution in [0.1, 0.15) is 30.1 Å². The van der Waals surface area contributed by atoms with E-state index in [1.807, 2.05) is 10.7 Å². The molecule has 4 heteroatoms. The average Bonchev–Trinajstić information content (AvgIpc) is 3.10. The van der Waals surface area contributed by atoms with Gasteiger partial charge in [-0.15, -0.1) is 0 Å². The average molecular weight is 232 g/mol. The van der Waals surface area contributed by atoms with Crippen molar-refractivity contribution < 1.29 is 9.50 Å². The highest BCUT2D eigenvalue weighted by Crippen LogP contribution is 2.41. The number of aliphatic hydroxyl groups excluding tert-OH is 1. The molecule has 1 heterocycles. The molecule has 1 aromatic heterocycles. The lowest BCUT2D eigenvalue weighted by molar-refractivity contribution is 0.276. The zero-order valence-corrected chi connectivity index (χ0v) is 9.31. The monoisotopic (exact) mass is 232 g/mol. The van der Waals surface area contributed by atoms with E-state index in [-0.39, 0.29) is 12.4 Å². The van der Waals surface area contributed by atoms with Crippen LogP contribution in [-0.4, -0.2) is 14.9 Å². The largest absolute Gasteiger partial charge is 0.390 e. The van der Waals surface area contributed by atoms with Gasteiger partial charge in [-0.3, -0.25) is 0 Å². The molecular formula is C13H13FN2O. The maximum atomic E-state index is 12.9. The summed E-state index contributed by atoms with van der Waals surface area (Å²) in [6.07, 6.45) is 2.33. The van der Waals surface area contributed by atoms with Crippen molar-refractivity contribution in [3.05, 3.63) is 47.5 Å². The highest BCUT2D eigenvalue weighted by atomic mass is 19.1. The van der Waals surface area contributed by atoms with Crippen LogP contribution in [0.25, 0.3) is 5.69 Å². The van der Waals surface area contributed by atoms with Crippen LogP contribution < -0.4 is 0 Å². The van der Waals surface area contributed by atoms with E-state index in [0.717, 1.165) is 24.2 Å². The topological polar surface area (TPSA) is 38.0 Å². The van der Waals surface area contributed by atoms with E-state index in [0.29, 0.717) is 11.6 Å². The third kappa shape index (κ3) is 1.96. The SMILES string of the molecule is OCc1cc(C2CC2)n(-c2ccc(F)cc2)n1. The maximum absolute atomic E-state index is 12.9. The summed E-state index contributed by atoms with van der Waals surface area (Å²) in [6, 6.07) is 8.18. The Morgan fingerprint density at radius 2 is 2.00 bits per heavy atom. The van der Waals surface area contributed by atoms with E-state index in [1.165, 1.54) is 12.1 Å². The molecule has 0 amide bonds. The molecule has 17 heavy (non-hydrogen) atoms.